The smallest absolute Gasteiger partial charge is 0.275 e. The van der Waals surface area contributed by atoms with Crippen LogP contribution in [0.2, 0.25) is 0 Å². The molecule has 0 bridgehead atoms. The third kappa shape index (κ3) is 3.03. The largest absolute Gasteiger partial charge is 0.364 e. The quantitative estimate of drug-likeness (QED) is 0.721. The highest BCUT2D eigenvalue weighted by Crippen LogP contribution is 2.04. The average Bonchev–Trinajstić information content (AvgIpc) is 2.65. The van der Waals surface area contributed by atoms with Crippen LogP contribution in [0.25, 0.3) is 0 Å². The van der Waals surface area contributed by atoms with Crippen molar-refractivity contribution < 1.29 is 9.32 Å². The van der Waals surface area contributed by atoms with Gasteiger partial charge in [-0.05, 0) is 13.3 Å². The monoisotopic (exact) mass is 216 g/mol. The zero-order chi connectivity index (χ0) is 10.6. The second kappa shape index (κ2) is 5.00. The van der Waals surface area contributed by atoms with Gasteiger partial charge in [-0.3, -0.25) is 4.79 Å². The fourth-order valence-electron chi connectivity index (χ4n) is 0.991. The Morgan fingerprint density at radius 1 is 1.79 bits per heavy atom. The normalized spacial score (nSPS) is 12.5. The van der Waals surface area contributed by atoms with Gasteiger partial charge in [-0.1, -0.05) is 5.16 Å². The van der Waals surface area contributed by atoms with Gasteiger partial charge in [-0.2, -0.15) is 0 Å². The molecule has 1 amide bonds. The summed E-state index contributed by atoms with van der Waals surface area (Å²) >= 11 is 5.78. The number of carbonyl (C=O) groups excluding carboxylic acids is 1. The first-order chi connectivity index (χ1) is 6.61. The summed E-state index contributed by atoms with van der Waals surface area (Å²) in [5.41, 5.74) is 0.328. The Balaban J connectivity index is 2.45. The molecular formula is C9H13ClN2O2. The van der Waals surface area contributed by atoms with Crippen molar-refractivity contribution in [1.29, 1.82) is 0 Å². The summed E-state index contributed by atoms with van der Waals surface area (Å²) in [5, 5.41) is 3.64. The van der Waals surface area contributed by atoms with Gasteiger partial charge in [0.1, 0.15) is 6.26 Å². The number of amides is 1. The van der Waals surface area contributed by atoms with Crippen LogP contribution < -0.4 is 0 Å². The lowest BCUT2D eigenvalue weighted by Crippen LogP contribution is -2.29. The highest BCUT2D eigenvalue weighted by molar-refractivity contribution is 6.20. The Bertz CT molecular complexity index is 285. The van der Waals surface area contributed by atoms with Gasteiger partial charge in [0.2, 0.25) is 0 Å². The van der Waals surface area contributed by atoms with Gasteiger partial charge >= 0.3 is 0 Å². The van der Waals surface area contributed by atoms with Gasteiger partial charge in [-0.15, -0.1) is 11.6 Å². The number of hydrogen-bond donors (Lipinski definition) is 0. The van der Waals surface area contributed by atoms with E-state index in [9.17, 15) is 4.79 Å². The Hall–Kier alpha value is -1.03. The lowest BCUT2D eigenvalue weighted by molar-refractivity contribution is 0.0783. The third-order valence-electron chi connectivity index (χ3n) is 1.87. The Kier molecular flexibility index (Phi) is 3.95. The average molecular weight is 217 g/mol. The van der Waals surface area contributed by atoms with Crippen LogP contribution in [-0.4, -0.2) is 34.9 Å². The number of aromatic nitrogens is 1. The Labute approximate surface area is 87.8 Å². The first-order valence-corrected chi connectivity index (χ1v) is 4.85. The van der Waals surface area contributed by atoms with Crippen LogP contribution in [0, 0.1) is 0 Å². The molecule has 1 aromatic rings. The molecule has 0 N–H and O–H groups in total. The number of alkyl halides is 1. The summed E-state index contributed by atoms with van der Waals surface area (Å²) in [4.78, 5) is 13.2. The Morgan fingerprint density at radius 2 is 2.50 bits per heavy atom. The van der Waals surface area contributed by atoms with E-state index in [2.05, 4.69) is 9.68 Å². The molecule has 1 atom stereocenters. The SMILES string of the molecule is CC(Cl)CCN(C)C(=O)c1ccon1. The maximum Gasteiger partial charge on any atom is 0.275 e. The minimum atomic E-state index is -0.143. The van der Waals surface area contributed by atoms with Crippen LogP contribution in [0.5, 0.6) is 0 Å². The summed E-state index contributed by atoms with van der Waals surface area (Å²) < 4.78 is 4.59. The van der Waals surface area contributed by atoms with Crippen molar-refractivity contribution in [3.8, 4) is 0 Å². The number of nitrogens with zero attached hydrogens (tertiary/aromatic N) is 2. The van der Waals surface area contributed by atoms with Crippen molar-refractivity contribution in [1.82, 2.24) is 10.1 Å². The standard InChI is InChI=1S/C9H13ClN2O2/c1-7(10)3-5-12(2)9(13)8-4-6-14-11-8/h4,6-7H,3,5H2,1-2H3. The van der Waals surface area contributed by atoms with Crippen molar-refractivity contribution in [2.24, 2.45) is 0 Å². The van der Waals surface area contributed by atoms with Crippen LogP contribution in [-0.2, 0) is 0 Å². The molecule has 0 spiro atoms. The maximum absolute atomic E-state index is 11.6. The number of halogens is 1. The molecule has 0 saturated heterocycles. The number of hydrogen-bond acceptors (Lipinski definition) is 3. The zero-order valence-corrected chi connectivity index (χ0v) is 8.99. The van der Waals surface area contributed by atoms with Gasteiger partial charge in [0, 0.05) is 25.0 Å². The molecule has 1 unspecified atom stereocenters. The van der Waals surface area contributed by atoms with Crippen molar-refractivity contribution >= 4 is 17.5 Å². The van der Waals surface area contributed by atoms with E-state index in [1.807, 2.05) is 6.92 Å². The van der Waals surface area contributed by atoms with E-state index in [1.54, 1.807) is 18.0 Å². The van der Waals surface area contributed by atoms with E-state index in [0.29, 0.717) is 12.2 Å². The molecule has 0 aromatic carbocycles. The second-order valence-corrected chi connectivity index (χ2v) is 3.93. The summed E-state index contributed by atoms with van der Waals surface area (Å²) in [5.74, 6) is -0.143. The van der Waals surface area contributed by atoms with Gasteiger partial charge in [-0.25, -0.2) is 0 Å². The zero-order valence-electron chi connectivity index (χ0n) is 8.24. The van der Waals surface area contributed by atoms with Crippen molar-refractivity contribution in [3.63, 3.8) is 0 Å². The predicted molar refractivity (Wildman–Crippen MR) is 53.4 cm³/mol. The molecule has 0 aliphatic heterocycles. The number of carbonyl (C=O) groups is 1. The lowest BCUT2D eigenvalue weighted by atomic mass is 10.3. The van der Waals surface area contributed by atoms with Gasteiger partial charge in [0.15, 0.2) is 5.69 Å². The molecule has 0 radical (unpaired) electrons. The third-order valence-corrected chi connectivity index (χ3v) is 2.08. The van der Waals surface area contributed by atoms with Crippen molar-refractivity contribution in [2.45, 2.75) is 18.7 Å². The summed E-state index contributed by atoms with van der Waals surface area (Å²) in [7, 11) is 1.72. The molecular weight excluding hydrogens is 204 g/mol. The molecule has 1 aromatic heterocycles. The summed E-state index contributed by atoms with van der Waals surface area (Å²) in [6, 6.07) is 1.54. The molecule has 78 valence electrons. The van der Waals surface area contributed by atoms with Crippen molar-refractivity contribution in [2.75, 3.05) is 13.6 Å². The highest BCUT2D eigenvalue weighted by atomic mass is 35.5. The topological polar surface area (TPSA) is 46.3 Å². The van der Waals surface area contributed by atoms with E-state index in [1.165, 1.54) is 6.26 Å². The number of rotatable bonds is 4. The van der Waals surface area contributed by atoms with Crippen LogP contribution in [0.4, 0.5) is 0 Å². The second-order valence-electron chi connectivity index (χ2n) is 3.18. The van der Waals surface area contributed by atoms with E-state index in [0.717, 1.165) is 6.42 Å². The van der Waals surface area contributed by atoms with E-state index >= 15 is 0 Å². The molecule has 0 saturated carbocycles. The Morgan fingerprint density at radius 3 is 3.00 bits per heavy atom. The minimum absolute atomic E-state index is 0.0718. The van der Waals surface area contributed by atoms with E-state index in [-0.39, 0.29) is 11.3 Å². The summed E-state index contributed by atoms with van der Waals surface area (Å²) in [6.07, 6.45) is 2.15. The van der Waals surface area contributed by atoms with Gasteiger partial charge in [0.25, 0.3) is 5.91 Å². The fourth-order valence-corrected chi connectivity index (χ4v) is 1.09. The van der Waals surface area contributed by atoms with Crippen LogP contribution in [0.15, 0.2) is 16.9 Å². The van der Waals surface area contributed by atoms with Crippen LogP contribution in [0.1, 0.15) is 23.8 Å². The molecule has 14 heavy (non-hydrogen) atoms. The maximum atomic E-state index is 11.6. The van der Waals surface area contributed by atoms with Crippen molar-refractivity contribution in [3.05, 3.63) is 18.0 Å². The van der Waals surface area contributed by atoms with Gasteiger partial charge < -0.3 is 9.42 Å². The molecule has 1 heterocycles. The first-order valence-electron chi connectivity index (χ1n) is 4.41. The van der Waals surface area contributed by atoms with E-state index < -0.39 is 0 Å². The van der Waals surface area contributed by atoms with E-state index in [4.69, 9.17) is 11.6 Å². The molecule has 1 rings (SSSR count). The molecule has 0 aliphatic rings. The molecule has 0 aliphatic carbocycles. The summed E-state index contributed by atoms with van der Waals surface area (Å²) in [6.45, 7) is 2.52. The first kappa shape index (κ1) is 11.0. The predicted octanol–water partition coefficient (Wildman–Crippen LogP) is 1.76. The molecule has 5 heteroatoms. The van der Waals surface area contributed by atoms with Crippen LogP contribution >= 0.6 is 11.6 Å². The van der Waals surface area contributed by atoms with Gasteiger partial charge in [0.05, 0.1) is 0 Å². The minimum Gasteiger partial charge on any atom is -0.364 e. The molecule has 0 fully saturated rings. The van der Waals surface area contributed by atoms with Crippen LogP contribution in [0.3, 0.4) is 0 Å². The highest BCUT2D eigenvalue weighted by Gasteiger charge is 2.14. The lowest BCUT2D eigenvalue weighted by Gasteiger charge is -2.15. The fraction of sp³-hybridized carbons (Fsp3) is 0.556. The molecule has 4 nitrogen and oxygen atoms in total.